The topological polar surface area (TPSA) is 74.3 Å². The summed E-state index contributed by atoms with van der Waals surface area (Å²) in [7, 11) is 4.06. The molecule has 0 unspecified atom stereocenters. The predicted octanol–water partition coefficient (Wildman–Crippen LogP) is 3.05. The molecule has 1 aliphatic carbocycles. The Morgan fingerprint density at radius 1 is 1.04 bits per heavy atom. The Labute approximate surface area is 166 Å². The molecule has 0 radical (unpaired) electrons. The van der Waals surface area contributed by atoms with Crippen molar-refractivity contribution in [1.82, 2.24) is 15.2 Å². The highest BCUT2D eigenvalue weighted by atomic mass is 16.2. The minimum Gasteiger partial charge on any atom is -0.356 e. The first-order valence-electron chi connectivity index (χ1n) is 10.1. The van der Waals surface area contributed by atoms with Crippen molar-refractivity contribution in [3.8, 4) is 0 Å². The lowest BCUT2D eigenvalue weighted by Crippen LogP contribution is -2.36. The minimum atomic E-state index is -0.0447. The van der Waals surface area contributed by atoms with Gasteiger partial charge >= 0.3 is 0 Å². The first-order valence-corrected chi connectivity index (χ1v) is 10.1. The van der Waals surface area contributed by atoms with Gasteiger partial charge in [-0.05, 0) is 64.9 Å². The number of fused-ring (bicyclic) bond motifs is 1. The lowest BCUT2D eigenvalue weighted by Gasteiger charge is -2.27. The van der Waals surface area contributed by atoms with Gasteiger partial charge < -0.3 is 15.5 Å². The highest BCUT2D eigenvalue weighted by molar-refractivity contribution is 6.01. The van der Waals surface area contributed by atoms with Crippen molar-refractivity contribution in [3.05, 3.63) is 36.5 Å². The van der Waals surface area contributed by atoms with Gasteiger partial charge in [-0.1, -0.05) is 18.2 Å². The summed E-state index contributed by atoms with van der Waals surface area (Å²) in [5, 5.41) is 7.09. The predicted molar refractivity (Wildman–Crippen MR) is 112 cm³/mol. The number of para-hydroxylation sites is 1. The fourth-order valence-electron chi connectivity index (χ4n) is 3.81. The number of pyridine rings is 1. The van der Waals surface area contributed by atoms with Crippen LogP contribution in [0.15, 0.2) is 36.5 Å². The van der Waals surface area contributed by atoms with Gasteiger partial charge in [0.05, 0.1) is 11.2 Å². The van der Waals surface area contributed by atoms with E-state index in [4.69, 9.17) is 0 Å². The maximum Gasteiger partial charge on any atom is 0.227 e. The molecule has 2 aromatic rings. The molecule has 1 heterocycles. The molecule has 28 heavy (non-hydrogen) atoms. The molecule has 0 bridgehead atoms. The van der Waals surface area contributed by atoms with Crippen LogP contribution in [0.3, 0.4) is 0 Å². The van der Waals surface area contributed by atoms with Crippen LogP contribution in [-0.4, -0.2) is 48.9 Å². The highest BCUT2D eigenvalue weighted by Gasteiger charge is 2.30. The van der Waals surface area contributed by atoms with Crippen LogP contribution < -0.4 is 10.6 Å². The quantitative estimate of drug-likeness (QED) is 0.722. The molecule has 0 atom stereocenters. The molecule has 6 heteroatoms. The summed E-state index contributed by atoms with van der Waals surface area (Å²) in [5.74, 6) is 0.151. The van der Waals surface area contributed by atoms with Crippen LogP contribution >= 0.6 is 0 Å². The molecule has 2 amide bonds. The summed E-state index contributed by atoms with van der Waals surface area (Å²) < 4.78 is 0. The van der Waals surface area contributed by atoms with Gasteiger partial charge in [0.15, 0.2) is 0 Å². The van der Waals surface area contributed by atoms with Crippen LogP contribution in [0.4, 0.5) is 5.69 Å². The van der Waals surface area contributed by atoms with Gasteiger partial charge in [-0.3, -0.25) is 14.6 Å². The second-order valence-corrected chi connectivity index (χ2v) is 7.87. The van der Waals surface area contributed by atoms with E-state index < -0.39 is 0 Å². The van der Waals surface area contributed by atoms with Crippen LogP contribution in [0.5, 0.6) is 0 Å². The second-order valence-electron chi connectivity index (χ2n) is 7.87. The number of nitrogens with one attached hydrogen (secondary N) is 2. The van der Waals surface area contributed by atoms with Crippen molar-refractivity contribution in [2.75, 3.05) is 32.5 Å². The van der Waals surface area contributed by atoms with E-state index in [0.717, 1.165) is 55.2 Å². The Morgan fingerprint density at radius 3 is 2.43 bits per heavy atom. The third-order valence-corrected chi connectivity index (χ3v) is 5.44. The van der Waals surface area contributed by atoms with E-state index in [1.165, 1.54) is 0 Å². The normalized spacial score (nSPS) is 19.5. The summed E-state index contributed by atoms with van der Waals surface area (Å²) >= 11 is 0. The maximum atomic E-state index is 12.7. The van der Waals surface area contributed by atoms with Gasteiger partial charge in [0.25, 0.3) is 0 Å². The third-order valence-electron chi connectivity index (χ3n) is 5.44. The van der Waals surface area contributed by atoms with Crippen molar-refractivity contribution < 1.29 is 9.59 Å². The van der Waals surface area contributed by atoms with E-state index in [2.05, 4.69) is 20.5 Å². The molecule has 1 saturated carbocycles. The summed E-state index contributed by atoms with van der Waals surface area (Å²) in [4.78, 5) is 31.5. The van der Waals surface area contributed by atoms with E-state index in [1.807, 2.05) is 44.4 Å². The van der Waals surface area contributed by atoms with Crippen LogP contribution in [0.2, 0.25) is 0 Å². The summed E-state index contributed by atoms with van der Waals surface area (Å²) in [6.07, 6.45) is 5.73. The summed E-state index contributed by atoms with van der Waals surface area (Å²) in [6, 6.07) is 9.68. The summed E-state index contributed by atoms with van der Waals surface area (Å²) in [6.45, 7) is 1.68. The second kappa shape index (κ2) is 9.64. The van der Waals surface area contributed by atoms with Crippen molar-refractivity contribution in [1.29, 1.82) is 0 Å². The zero-order valence-corrected chi connectivity index (χ0v) is 16.8. The largest absolute Gasteiger partial charge is 0.356 e. The van der Waals surface area contributed by atoms with Crippen molar-refractivity contribution in [3.63, 3.8) is 0 Å². The Kier molecular flexibility index (Phi) is 6.98. The van der Waals surface area contributed by atoms with Gasteiger partial charge in [-0.2, -0.15) is 0 Å². The van der Waals surface area contributed by atoms with Crippen LogP contribution in [0.1, 0.15) is 32.1 Å². The zero-order valence-electron chi connectivity index (χ0n) is 16.8. The number of hydrogen-bond donors (Lipinski definition) is 2. The number of rotatable bonds is 7. The average molecular weight is 383 g/mol. The molecule has 150 valence electrons. The molecular formula is C22H30N4O2. The fraction of sp³-hybridized carbons (Fsp3) is 0.500. The SMILES string of the molecule is CN(C)CCCNC(=O)C1CCC(C(=O)Nc2cccc3cccnc23)CC1. The summed E-state index contributed by atoms with van der Waals surface area (Å²) in [5.41, 5.74) is 1.56. The number of anilines is 1. The zero-order chi connectivity index (χ0) is 19.9. The molecule has 0 aliphatic heterocycles. The van der Waals surface area contributed by atoms with E-state index in [0.29, 0.717) is 6.54 Å². The lowest BCUT2D eigenvalue weighted by atomic mass is 9.81. The molecule has 2 N–H and O–H groups in total. The van der Waals surface area contributed by atoms with Crippen LogP contribution in [0.25, 0.3) is 10.9 Å². The Hall–Kier alpha value is -2.47. The highest BCUT2D eigenvalue weighted by Crippen LogP contribution is 2.30. The number of benzene rings is 1. The number of aromatic nitrogens is 1. The first kappa shape index (κ1) is 20.3. The lowest BCUT2D eigenvalue weighted by molar-refractivity contribution is -0.128. The van der Waals surface area contributed by atoms with Crippen LogP contribution in [0, 0.1) is 11.8 Å². The van der Waals surface area contributed by atoms with E-state index in [-0.39, 0.29) is 23.7 Å². The van der Waals surface area contributed by atoms with Crippen LogP contribution in [-0.2, 0) is 9.59 Å². The van der Waals surface area contributed by atoms with Gasteiger partial charge in [0.2, 0.25) is 11.8 Å². The van der Waals surface area contributed by atoms with Gasteiger partial charge in [-0.25, -0.2) is 0 Å². The van der Waals surface area contributed by atoms with Gasteiger partial charge in [-0.15, -0.1) is 0 Å². The average Bonchev–Trinajstić information content (AvgIpc) is 2.71. The molecule has 1 aliphatic rings. The fourth-order valence-corrected chi connectivity index (χ4v) is 3.81. The Bertz CT molecular complexity index is 808. The van der Waals surface area contributed by atoms with Gasteiger partial charge in [0, 0.05) is 30.0 Å². The molecule has 1 aromatic carbocycles. The third kappa shape index (κ3) is 5.29. The minimum absolute atomic E-state index is 0.0302. The van der Waals surface area contributed by atoms with E-state index in [1.54, 1.807) is 6.20 Å². The number of nitrogens with zero attached hydrogens (tertiary/aromatic N) is 2. The van der Waals surface area contributed by atoms with E-state index in [9.17, 15) is 9.59 Å². The van der Waals surface area contributed by atoms with Crippen molar-refractivity contribution >= 4 is 28.4 Å². The molecular weight excluding hydrogens is 352 g/mol. The van der Waals surface area contributed by atoms with Crippen molar-refractivity contribution in [2.24, 2.45) is 11.8 Å². The molecule has 6 nitrogen and oxygen atoms in total. The monoisotopic (exact) mass is 382 g/mol. The van der Waals surface area contributed by atoms with Crippen molar-refractivity contribution in [2.45, 2.75) is 32.1 Å². The molecule has 0 spiro atoms. The smallest absolute Gasteiger partial charge is 0.227 e. The van der Waals surface area contributed by atoms with Gasteiger partial charge in [0.1, 0.15) is 0 Å². The Morgan fingerprint density at radius 2 is 1.71 bits per heavy atom. The molecule has 1 fully saturated rings. The number of hydrogen-bond acceptors (Lipinski definition) is 4. The first-order chi connectivity index (χ1) is 13.5. The molecule has 3 rings (SSSR count). The molecule has 1 aromatic heterocycles. The number of carbonyl (C=O) groups is 2. The number of carbonyl (C=O) groups excluding carboxylic acids is 2. The maximum absolute atomic E-state index is 12.7. The molecule has 0 saturated heterocycles. The number of amides is 2. The van der Waals surface area contributed by atoms with E-state index >= 15 is 0 Å². The Balaban J connectivity index is 1.48. The standard InChI is InChI=1S/C22H30N4O2/c1-26(2)15-5-14-24-21(27)17-9-11-18(12-10-17)22(28)25-19-8-3-6-16-7-4-13-23-20(16)19/h3-4,6-8,13,17-18H,5,9-12,14-15H2,1-2H3,(H,24,27)(H,25,28).